The molecule has 0 N–H and O–H groups in total. The lowest BCUT2D eigenvalue weighted by atomic mass is 9.97. The number of hydrogen-bond acceptors (Lipinski definition) is 7. The van der Waals surface area contributed by atoms with Crippen LogP contribution < -0.4 is 9.64 Å². The van der Waals surface area contributed by atoms with Gasteiger partial charge in [-0.2, -0.15) is 19.7 Å². The maximum atomic E-state index is 5.91. The van der Waals surface area contributed by atoms with Gasteiger partial charge in [0, 0.05) is 36.3 Å². The highest BCUT2D eigenvalue weighted by Crippen LogP contribution is 2.38. The number of hydrogen-bond donors (Lipinski definition) is 0. The maximum Gasteiger partial charge on any atom is 0.254 e. The number of nitrogens with zero attached hydrogens (tertiary/aromatic N) is 7. The Balaban J connectivity index is 1.21. The van der Waals surface area contributed by atoms with Gasteiger partial charge in [-0.05, 0) is 51.5 Å². The van der Waals surface area contributed by atoms with Gasteiger partial charge in [0.15, 0.2) is 0 Å². The van der Waals surface area contributed by atoms with Gasteiger partial charge in [-0.3, -0.25) is 0 Å². The molecule has 0 aromatic carbocycles. The summed E-state index contributed by atoms with van der Waals surface area (Å²) in [5.74, 6) is 3.56. The summed E-state index contributed by atoms with van der Waals surface area (Å²) in [7, 11) is 0. The van der Waals surface area contributed by atoms with Gasteiger partial charge >= 0.3 is 0 Å². The number of aromatic nitrogens is 6. The first-order chi connectivity index (χ1) is 13.7. The van der Waals surface area contributed by atoms with Crippen LogP contribution >= 0.6 is 0 Å². The van der Waals surface area contributed by atoms with E-state index in [1.165, 1.54) is 18.4 Å². The summed E-state index contributed by atoms with van der Waals surface area (Å²) in [6, 6.07) is 4.01. The number of rotatable bonds is 5. The zero-order valence-electron chi connectivity index (χ0n) is 16.4. The van der Waals surface area contributed by atoms with Crippen LogP contribution in [0.25, 0.3) is 5.78 Å². The van der Waals surface area contributed by atoms with Crippen molar-refractivity contribution in [2.45, 2.75) is 45.4 Å². The molecule has 28 heavy (non-hydrogen) atoms. The lowest BCUT2D eigenvalue weighted by molar-refractivity contribution is 0.213. The first-order valence-electron chi connectivity index (χ1n) is 10.1. The molecule has 0 unspecified atom stereocenters. The molecule has 1 aliphatic carbocycles. The Labute approximate surface area is 164 Å². The fourth-order valence-corrected chi connectivity index (χ4v) is 3.91. The molecule has 2 fully saturated rings. The van der Waals surface area contributed by atoms with Crippen molar-refractivity contribution in [1.29, 1.82) is 0 Å². The third-order valence-electron chi connectivity index (χ3n) is 5.91. The maximum absolute atomic E-state index is 5.91. The van der Waals surface area contributed by atoms with Crippen LogP contribution in [0.5, 0.6) is 5.88 Å². The van der Waals surface area contributed by atoms with E-state index in [1.807, 2.05) is 17.5 Å². The summed E-state index contributed by atoms with van der Waals surface area (Å²) >= 11 is 0. The van der Waals surface area contributed by atoms with E-state index in [0.29, 0.717) is 30.1 Å². The average molecular weight is 379 g/mol. The molecule has 8 heteroatoms. The smallest absolute Gasteiger partial charge is 0.254 e. The first-order valence-corrected chi connectivity index (χ1v) is 10.1. The standard InChI is InChI=1S/C20H25N7O/c1-13-14(2)23-20-21-12-22-27(20)19(13)26-9-7-15(8-10-26)11-28-18-6-5-17(24-25-18)16-3-4-16/h5-6,12,15-16H,3-4,7-11H2,1-2H3. The molecule has 0 radical (unpaired) electrons. The molecule has 8 nitrogen and oxygen atoms in total. The van der Waals surface area contributed by atoms with E-state index in [4.69, 9.17) is 4.74 Å². The second kappa shape index (κ2) is 7.00. The van der Waals surface area contributed by atoms with Crippen LogP contribution in [0.1, 0.15) is 48.6 Å². The van der Waals surface area contributed by atoms with E-state index in [9.17, 15) is 0 Å². The van der Waals surface area contributed by atoms with Crippen molar-refractivity contribution in [2.24, 2.45) is 5.92 Å². The molecule has 3 aromatic heterocycles. The monoisotopic (exact) mass is 379 g/mol. The molecule has 0 bridgehead atoms. The fraction of sp³-hybridized carbons (Fsp3) is 0.550. The van der Waals surface area contributed by atoms with Crippen molar-refractivity contribution < 1.29 is 4.74 Å². The number of piperidine rings is 1. The molecule has 3 aromatic rings. The number of aryl methyl sites for hydroxylation is 1. The van der Waals surface area contributed by atoms with E-state index in [0.717, 1.165) is 43.1 Å². The molecule has 0 atom stereocenters. The minimum Gasteiger partial charge on any atom is -0.476 e. The van der Waals surface area contributed by atoms with Crippen LogP contribution in [0.2, 0.25) is 0 Å². The van der Waals surface area contributed by atoms with Crippen LogP contribution in [-0.4, -0.2) is 49.5 Å². The normalized spacial score (nSPS) is 18.0. The lowest BCUT2D eigenvalue weighted by Crippen LogP contribution is -2.37. The SMILES string of the molecule is Cc1nc2ncnn2c(N2CCC(COc3ccc(C4CC4)nn3)CC2)c1C. The largest absolute Gasteiger partial charge is 0.476 e. The number of fused-ring (bicyclic) bond motifs is 1. The average Bonchev–Trinajstić information content (AvgIpc) is 3.47. The van der Waals surface area contributed by atoms with Gasteiger partial charge in [0.05, 0.1) is 12.3 Å². The molecular formula is C20H25N7O. The Bertz CT molecular complexity index is 972. The Hall–Kier alpha value is -2.77. The van der Waals surface area contributed by atoms with Gasteiger partial charge in [0.2, 0.25) is 5.88 Å². The highest BCUT2D eigenvalue weighted by molar-refractivity contribution is 5.54. The van der Waals surface area contributed by atoms with Crippen LogP contribution in [0.3, 0.4) is 0 Å². The van der Waals surface area contributed by atoms with E-state index in [2.05, 4.69) is 43.2 Å². The van der Waals surface area contributed by atoms with Crippen LogP contribution in [0, 0.1) is 19.8 Å². The van der Waals surface area contributed by atoms with Crippen LogP contribution in [0.15, 0.2) is 18.5 Å². The molecule has 5 rings (SSSR count). The Morgan fingerprint density at radius 2 is 1.89 bits per heavy atom. The lowest BCUT2D eigenvalue weighted by Gasteiger charge is -2.34. The van der Waals surface area contributed by atoms with Gasteiger partial charge in [-0.15, -0.1) is 5.10 Å². The van der Waals surface area contributed by atoms with Gasteiger partial charge in [0.25, 0.3) is 5.78 Å². The Kier molecular flexibility index (Phi) is 4.33. The molecule has 0 amide bonds. The van der Waals surface area contributed by atoms with Crippen LogP contribution in [-0.2, 0) is 0 Å². The summed E-state index contributed by atoms with van der Waals surface area (Å²) in [5.41, 5.74) is 3.27. The van der Waals surface area contributed by atoms with Crippen molar-refractivity contribution in [2.75, 3.05) is 24.6 Å². The highest BCUT2D eigenvalue weighted by atomic mass is 16.5. The second-order valence-electron chi connectivity index (χ2n) is 7.93. The summed E-state index contributed by atoms with van der Waals surface area (Å²) in [6.07, 6.45) is 6.20. The van der Waals surface area contributed by atoms with Gasteiger partial charge in [0.1, 0.15) is 12.1 Å². The molecule has 146 valence electrons. The topological polar surface area (TPSA) is 81.3 Å². The zero-order chi connectivity index (χ0) is 19.1. The second-order valence-corrected chi connectivity index (χ2v) is 7.93. The van der Waals surface area contributed by atoms with Crippen molar-refractivity contribution in [3.63, 3.8) is 0 Å². The predicted molar refractivity (Wildman–Crippen MR) is 105 cm³/mol. The van der Waals surface area contributed by atoms with E-state index in [1.54, 1.807) is 6.33 Å². The minimum atomic E-state index is 0.524. The van der Waals surface area contributed by atoms with Gasteiger partial charge < -0.3 is 9.64 Å². The van der Waals surface area contributed by atoms with E-state index in [-0.39, 0.29) is 0 Å². The predicted octanol–water partition coefficient (Wildman–Crippen LogP) is 2.70. The molecule has 1 saturated carbocycles. The van der Waals surface area contributed by atoms with Gasteiger partial charge in [-0.25, -0.2) is 4.98 Å². The molecular weight excluding hydrogens is 354 g/mol. The van der Waals surface area contributed by atoms with Crippen molar-refractivity contribution in [3.05, 3.63) is 35.4 Å². The highest BCUT2D eigenvalue weighted by Gasteiger charge is 2.26. The van der Waals surface area contributed by atoms with Crippen molar-refractivity contribution in [1.82, 2.24) is 29.8 Å². The summed E-state index contributed by atoms with van der Waals surface area (Å²) < 4.78 is 7.77. The molecule has 1 saturated heterocycles. The number of anilines is 1. The third kappa shape index (κ3) is 3.27. The van der Waals surface area contributed by atoms with Crippen LogP contribution in [0.4, 0.5) is 5.82 Å². The summed E-state index contributed by atoms with van der Waals surface area (Å²) in [5, 5.41) is 12.9. The minimum absolute atomic E-state index is 0.524. The zero-order valence-corrected chi connectivity index (χ0v) is 16.4. The van der Waals surface area contributed by atoms with E-state index < -0.39 is 0 Å². The Morgan fingerprint density at radius 3 is 2.61 bits per heavy atom. The molecule has 2 aliphatic rings. The quantitative estimate of drug-likeness (QED) is 0.674. The van der Waals surface area contributed by atoms with Crippen molar-refractivity contribution in [3.8, 4) is 5.88 Å². The summed E-state index contributed by atoms with van der Waals surface area (Å²) in [4.78, 5) is 11.2. The summed E-state index contributed by atoms with van der Waals surface area (Å²) in [6.45, 7) is 6.78. The third-order valence-corrected chi connectivity index (χ3v) is 5.91. The fourth-order valence-electron chi connectivity index (χ4n) is 3.91. The number of ether oxygens (including phenoxy) is 1. The Morgan fingerprint density at radius 1 is 1.07 bits per heavy atom. The molecule has 1 aliphatic heterocycles. The molecule has 0 spiro atoms. The van der Waals surface area contributed by atoms with Crippen molar-refractivity contribution >= 4 is 11.6 Å². The van der Waals surface area contributed by atoms with E-state index >= 15 is 0 Å². The first kappa shape index (κ1) is 17.3. The van der Waals surface area contributed by atoms with Gasteiger partial charge in [-0.1, -0.05) is 0 Å². The molecule has 4 heterocycles.